The molecule has 12 heteroatoms. The van der Waals surface area contributed by atoms with Crippen LogP contribution in [0.15, 0.2) is 76.2 Å². The minimum Gasteiger partial charge on any atom is -0.488 e. The van der Waals surface area contributed by atoms with Gasteiger partial charge >= 0.3 is 0 Å². The van der Waals surface area contributed by atoms with Gasteiger partial charge in [-0.25, -0.2) is 27.8 Å². The molecule has 3 aromatic carbocycles. The number of aromatic nitrogens is 4. The van der Waals surface area contributed by atoms with Gasteiger partial charge in [-0.2, -0.15) is 5.10 Å². The van der Waals surface area contributed by atoms with Gasteiger partial charge in [0.05, 0.1) is 30.3 Å². The first kappa shape index (κ1) is 30.4. The van der Waals surface area contributed by atoms with E-state index in [1.165, 1.54) is 48.8 Å². The van der Waals surface area contributed by atoms with E-state index in [1.54, 1.807) is 29.8 Å². The Morgan fingerprint density at radius 2 is 1.66 bits per heavy atom. The summed E-state index contributed by atoms with van der Waals surface area (Å²) in [5.74, 6) is -1.08. The van der Waals surface area contributed by atoms with E-state index in [1.807, 2.05) is 13.8 Å². The molecule has 1 aliphatic heterocycles. The fraction of sp³-hybridized carbons (Fsp3) is 0.257. The lowest BCUT2D eigenvalue weighted by molar-refractivity contribution is 0.122. The highest BCUT2D eigenvalue weighted by Crippen LogP contribution is 2.39. The van der Waals surface area contributed by atoms with Crippen LogP contribution in [0.25, 0.3) is 44.4 Å². The number of halogens is 3. The Hall–Kier alpha value is -5.23. The molecular formula is C35H30F3N5O4. The smallest absolute Gasteiger partial charge is 0.203 e. The van der Waals surface area contributed by atoms with Crippen LogP contribution >= 0.6 is 0 Å². The molecule has 1 aliphatic rings. The number of morpholine rings is 1. The molecule has 0 radical (unpaired) electrons. The third-order valence-electron chi connectivity index (χ3n) is 8.10. The van der Waals surface area contributed by atoms with Gasteiger partial charge in [-0.15, -0.1) is 0 Å². The standard InChI is InChI=1S/C35H30F3N5O4/c1-19(2)46-26-11-10-22(17-25(26)38)31-30-34(42-12-14-45-15-13-42)39-18-40-35(30)43(41-31)20(3)33-28(21-6-4-7-23(36)16-21)32(44)29-24(37)8-5-9-27(29)47-33/h4-11,16-20H,12-15H2,1-3H3. The van der Waals surface area contributed by atoms with Gasteiger partial charge < -0.3 is 18.8 Å². The van der Waals surface area contributed by atoms with Crippen molar-refractivity contribution in [3.8, 4) is 28.1 Å². The van der Waals surface area contributed by atoms with E-state index < -0.39 is 28.9 Å². The number of benzene rings is 3. The first-order valence-electron chi connectivity index (χ1n) is 15.2. The molecule has 1 saturated heterocycles. The Balaban J connectivity index is 1.48. The average molecular weight is 642 g/mol. The minimum absolute atomic E-state index is 0.0107. The van der Waals surface area contributed by atoms with E-state index in [0.717, 1.165) is 0 Å². The van der Waals surface area contributed by atoms with Crippen LogP contribution in [0.2, 0.25) is 0 Å². The van der Waals surface area contributed by atoms with Gasteiger partial charge in [0.1, 0.15) is 52.2 Å². The zero-order valence-electron chi connectivity index (χ0n) is 25.8. The Labute approximate surface area is 267 Å². The molecule has 4 heterocycles. The SMILES string of the molecule is CC(C)Oc1ccc(-c2nn(C(C)c3oc4cccc(F)c4c(=O)c3-c3cccc(F)c3)c3ncnc(N4CCOCC4)c23)cc1F. The van der Waals surface area contributed by atoms with Crippen molar-refractivity contribution < 1.29 is 27.1 Å². The summed E-state index contributed by atoms with van der Waals surface area (Å²) in [7, 11) is 0. The maximum atomic E-state index is 15.4. The van der Waals surface area contributed by atoms with Crippen LogP contribution in [-0.2, 0) is 4.74 Å². The van der Waals surface area contributed by atoms with Crippen LogP contribution in [0.4, 0.5) is 19.0 Å². The number of anilines is 1. The third-order valence-corrected chi connectivity index (χ3v) is 8.10. The fourth-order valence-electron chi connectivity index (χ4n) is 5.98. The van der Waals surface area contributed by atoms with Crippen LogP contribution < -0.4 is 15.1 Å². The van der Waals surface area contributed by atoms with E-state index >= 15 is 8.78 Å². The van der Waals surface area contributed by atoms with E-state index in [0.29, 0.717) is 54.4 Å². The second-order valence-corrected chi connectivity index (χ2v) is 11.6. The third kappa shape index (κ3) is 5.48. The van der Waals surface area contributed by atoms with Gasteiger partial charge in [0, 0.05) is 18.7 Å². The molecule has 0 saturated carbocycles. The second kappa shape index (κ2) is 12.2. The molecule has 1 fully saturated rings. The summed E-state index contributed by atoms with van der Waals surface area (Å²) in [6.07, 6.45) is 1.19. The molecule has 0 amide bonds. The van der Waals surface area contributed by atoms with Gasteiger partial charge in [-0.3, -0.25) is 4.79 Å². The van der Waals surface area contributed by atoms with Gasteiger partial charge in [0.2, 0.25) is 5.43 Å². The summed E-state index contributed by atoms with van der Waals surface area (Å²) in [5.41, 5.74) is 0.813. The predicted molar refractivity (Wildman–Crippen MR) is 171 cm³/mol. The molecule has 6 aromatic rings. The van der Waals surface area contributed by atoms with Crippen molar-refractivity contribution in [2.45, 2.75) is 32.9 Å². The van der Waals surface area contributed by atoms with Crippen LogP contribution in [0, 0.1) is 17.5 Å². The molecule has 7 rings (SSSR count). The summed E-state index contributed by atoms with van der Waals surface area (Å²) < 4.78 is 63.9. The molecule has 9 nitrogen and oxygen atoms in total. The number of fused-ring (bicyclic) bond motifs is 2. The van der Waals surface area contributed by atoms with Crippen molar-refractivity contribution >= 4 is 27.8 Å². The lowest BCUT2D eigenvalue weighted by Gasteiger charge is -2.28. The van der Waals surface area contributed by atoms with Crippen molar-refractivity contribution in [3.05, 3.63) is 100 Å². The summed E-state index contributed by atoms with van der Waals surface area (Å²) in [5, 5.41) is 5.25. The van der Waals surface area contributed by atoms with Crippen molar-refractivity contribution in [1.82, 2.24) is 19.7 Å². The Kier molecular flexibility index (Phi) is 7.88. The summed E-state index contributed by atoms with van der Waals surface area (Å²) in [6.45, 7) is 7.50. The first-order valence-corrected chi connectivity index (χ1v) is 15.2. The van der Waals surface area contributed by atoms with Crippen LogP contribution in [0.3, 0.4) is 0 Å². The van der Waals surface area contributed by atoms with E-state index in [-0.39, 0.29) is 39.7 Å². The van der Waals surface area contributed by atoms with Crippen molar-refractivity contribution in [3.63, 3.8) is 0 Å². The maximum Gasteiger partial charge on any atom is 0.203 e. The molecule has 1 atom stereocenters. The lowest BCUT2D eigenvalue weighted by atomic mass is 9.99. The van der Waals surface area contributed by atoms with Gasteiger partial charge in [0.15, 0.2) is 17.2 Å². The molecule has 0 N–H and O–H groups in total. The highest BCUT2D eigenvalue weighted by Gasteiger charge is 2.29. The molecular weight excluding hydrogens is 611 g/mol. The van der Waals surface area contributed by atoms with Crippen molar-refractivity contribution in [1.29, 1.82) is 0 Å². The van der Waals surface area contributed by atoms with Gasteiger partial charge in [-0.05, 0) is 68.8 Å². The average Bonchev–Trinajstić information content (AvgIpc) is 3.45. The van der Waals surface area contributed by atoms with Crippen molar-refractivity contribution in [2.75, 3.05) is 31.2 Å². The lowest BCUT2D eigenvalue weighted by Crippen LogP contribution is -2.36. The Bertz CT molecular complexity index is 2190. The highest BCUT2D eigenvalue weighted by atomic mass is 19.1. The zero-order chi connectivity index (χ0) is 32.8. The number of rotatable bonds is 7. The quantitative estimate of drug-likeness (QED) is 0.186. The molecule has 0 spiro atoms. The predicted octanol–water partition coefficient (Wildman–Crippen LogP) is 6.92. The largest absolute Gasteiger partial charge is 0.488 e. The van der Waals surface area contributed by atoms with Gasteiger partial charge in [0.25, 0.3) is 0 Å². The van der Waals surface area contributed by atoms with E-state index in [2.05, 4.69) is 14.9 Å². The summed E-state index contributed by atoms with van der Waals surface area (Å²) in [6, 6.07) is 13.4. The number of ether oxygens (including phenoxy) is 2. The Morgan fingerprint density at radius 3 is 2.40 bits per heavy atom. The first-order chi connectivity index (χ1) is 22.7. The van der Waals surface area contributed by atoms with Crippen LogP contribution in [-0.4, -0.2) is 52.2 Å². The molecule has 240 valence electrons. The maximum absolute atomic E-state index is 15.4. The molecule has 0 aliphatic carbocycles. The number of hydrogen-bond acceptors (Lipinski definition) is 8. The monoisotopic (exact) mass is 641 g/mol. The number of hydrogen-bond donors (Lipinski definition) is 0. The van der Waals surface area contributed by atoms with Crippen molar-refractivity contribution in [2.24, 2.45) is 0 Å². The van der Waals surface area contributed by atoms with Crippen LogP contribution in [0.5, 0.6) is 5.75 Å². The summed E-state index contributed by atoms with van der Waals surface area (Å²) in [4.78, 5) is 25.2. The summed E-state index contributed by atoms with van der Waals surface area (Å²) >= 11 is 0. The molecule has 3 aromatic heterocycles. The zero-order valence-corrected chi connectivity index (χ0v) is 25.8. The van der Waals surface area contributed by atoms with E-state index in [4.69, 9.17) is 19.0 Å². The molecule has 1 unspecified atom stereocenters. The van der Waals surface area contributed by atoms with E-state index in [9.17, 15) is 9.18 Å². The normalized spacial score (nSPS) is 14.3. The Morgan fingerprint density at radius 1 is 0.872 bits per heavy atom. The second-order valence-electron chi connectivity index (χ2n) is 11.6. The minimum atomic E-state index is -0.828. The topological polar surface area (TPSA) is 95.5 Å². The van der Waals surface area contributed by atoms with Gasteiger partial charge in [-0.1, -0.05) is 18.2 Å². The molecule has 0 bridgehead atoms. The molecule has 47 heavy (non-hydrogen) atoms. The fourth-order valence-corrected chi connectivity index (χ4v) is 5.98. The number of nitrogens with zero attached hydrogens (tertiary/aromatic N) is 5. The highest BCUT2D eigenvalue weighted by molar-refractivity contribution is 5.99. The van der Waals surface area contributed by atoms with Crippen LogP contribution in [0.1, 0.15) is 32.6 Å².